The van der Waals surface area contributed by atoms with E-state index in [1.165, 1.54) is 24.2 Å². The fraction of sp³-hybridized carbons (Fsp3) is 0.500. The van der Waals surface area contributed by atoms with Crippen molar-refractivity contribution in [3.63, 3.8) is 0 Å². The highest BCUT2D eigenvalue weighted by Gasteiger charge is 2.27. The third kappa shape index (κ3) is 4.60. The predicted molar refractivity (Wildman–Crippen MR) is 68.5 cm³/mol. The van der Waals surface area contributed by atoms with Crippen molar-refractivity contribution in [2.75, 3.05) is 30.8 Å². The number of nitrogens with two attached hydrogens (primary N) is 1. The maximum Gasteiger partial charge on any atom is 0.390 e. The molecule has 0 fully saturated rings. The summed E-state index contributed by atoms with van der Waals surface area (Å²) in [5, 5.41) is 0. The van der Waals surface area contributed by atoms with Crippen molar-refractivity contribution in [3.05, 3.63) is 17.8 Å². The van der Waals surface area contributed by atoms with Gasteiger partial charge in [0, 0.05) is 13.6 Å². The maximum absolute atomic E-state index is 12.2. The van der Waals surface area contributed by atoms with E-state index in [1.807, 2.05) is 0 Å². The molecule has 0 unspecified atom stereocenters. The average Bonchev–Trinajstić information content (AvgIpc) is 2.36. The molecule has 0 aliphatic rings. The Bertz CT molecular complexity index is 478. The number of pyridine rings is 1. The summed E-state index contributed by atoms with van der Waals surface area (Å²) in [6.45, 7) is 1.56. The zero-order valence-corrected chi connectivity index (χ0v) is 11.2. The molecule has 0 aromatic carbocycles. The van der Waals surface area contributed by atoms with Crippen molar-refractivity contribution >= 4 is 17.5 Å². The van der Waals surface area contributed by atoms with Crippen LogP contribution < -0.4 is 10.6 Å². The molecule has 0 radical (unpaired) electrons. The first-order valence-corrected chi connectivity index (χ1v) is 5.95. The molecule has 20 heavy (non-hydrogen) atoms. The van der Waals surface area contributed by atoms with Gasteiger partial charge in [0.2, 0.25) is 0 Å². The van der Waals surface area contributed by atoms with E-state index in [2.05, 4.69) is 4.98 Å². The van der Waals surface area contributed by atoms with E-state index in [0.29, 0.717) is 0 Å². The number of hydrogen-bond acceptors (Lipinski definition) is 5. The average molecular weight is 291 g/mol. The van der Waals surface area contributed by atoms with E-state index in [0.717, 1.165) is 0 Å². The van der Waals surface area contributed by atoms with Crippen molar-refractivity contribution < 1.29 is 22.7 Å². The van der Waals surface area contributed by atoms with Crippen LogP contribution >= 0.6 is 0 Å². The van der Waals surface area contributed by atoms with Gasteiger partial charge in [-0.15, -0.1) is 0 Å². The summed E-state index contributed by atoms with van der Waals surface area (Å²) >= 11 is 0. The lowest BCUT2D eigenvalue weighted by Gasteiger charge is -2.19. The molecule has 2 N–H and O–H groups in total. The molecule has 0 saturated carbocycles. The third-order valence-corrected chi connectivity index (χ3v) is 2.54. The number of esters is 1. The first kappa shape index (κ1) is 16.1. The number of halogens is 3. The lowest BCUT2D eigenvalue weighted by Crippen LogP contribution is -2.25. The number of nitrogens with zero attached hydrogens (tertiary/aromatic N) is 2. The molecule has 1 aromatic rings. The van der Waals surface area contributed by atoms with Gasteiger partial charge in [-0.05, 0) is 13.0 Å². The molecule has 1 rings (SSSR count). The van der Waals surface area contributed by atoms with Gasteiger partial charge in [0.1, 0.15) is 5.82 Å². The normalized spacial score (nSPS) is 11.2. The van der Waals surface area contributed by atoms with Crippen LogP contribution in [0, 0.1) is 0 Å². The molecular formula is C12H16F3N3O2. The fourth-order valence-electron chi connectivity index (χ4n) is 1.46. The number of hydrogen-bond donors (Lipinski definition) is 1. The lowest BCUT2D eigenvalue weighted by molar-refractivity contribution is -0.132. The lowest BCUT2D eigenvalue weighted by atomic mass is 10.2. The molecular weight excluding hydrogens is 275 g/mol. The predicted octanol–water partition coefficient (Wildman–Crippen LogP) is 2.23. The molecule has 0 atom stereocenters. The number of aromatic nitrogens is 1. The van der Waals surface area contributed by atoms with Gasteiger partial charge in [0.05, 0.1) is 30.5 Å². The third-order valence-electron chi connectivity index (χ3n) is 2.54. The van der Waals surface area contributed by atoms with Crippen molar-refractivity contribution in [1.29, 1.82) is 0 Å². The molecule has 0 saturated heterocycles. The van der Waals surface area contributed by atoms with Gasteiger partial charge in [-0.2, -0.15) is 13.2 Å². The van der Waals surface area contributed by atoms with Crippen LogP contribution in [-0.2, 0) is 4.74 Å². The number of nitrogen functional groups attached to an aromatic ring is 1. The Morgan fingerprint density at radius 3 is 2.70 bits per heavy atom. The first-order valence-electron chi connectivity index (χ1n) is 5.95. The minimum Gasteiger partial charge on any atom is -0.462 e. The fourth-order valence-corrected chi connectivity index (χ4v) is 1.46. The van der Waals surface area contributed by atoms with Gasteiger partial charge >= 0.3 is 12.1 Å². The quantitative estimate of drug-likeness (QED) is 0.842. The van der Waals surface area contributed by atoms with Crippen LogP contribution in [0.2, 0.25) is 0 Å². The molecule has 0 spiro atoms. The van der Waals surface area contributed by atoms with Gasteiger partial charge in [0.25, 0.3) is 0 Å². The Kier molecular flexibility index (Phi) is 5.18. The molecule has 0 bridgehead atoms. The molecule has 8 heteroatoms. The molecule has 0 amide bonds. The van der Waals surface area contributed by atoms with Crippen molar-refractivity contribution in [2.24, 2.45) is 0 Å². The second-order valence-corrected chi connectivity index (χ2v) is 4.14. The zero-order valence-electron chi connectivity index (χ0n) is 11.2. The Morgan fingerprint density at radius 1 is 1.50 bits per heavy atom. The van der Waals surface area contributed by atoms with E-state index in [4.69, 9.17) is 10.5 Å². The summed E-state index contributed by atoms with van der Waals surface area (Å²) in [5.74, 6) is -0.399. The molecule has 1 aromatic heterocycles. The highest BCUT2D eigenvalue weighted by molar-refractivity contribution is 5.95. The van der Waals surface area contributed by atoms with E-state index in [1.54, 1.807) is 6.92 Å². The largest absolute Gasteiger partial charge is 0.462 e. The number of anilines is 2. The second kappa shape index (κ2) is 6.44. The Labute approximate surface area is 114 Å². The van der Waals surface area contributed by atoms with E-state index >= 15 is 0 Å². The number of carbonyl (C=O) groups excluding carboxylic acids is 1. The van der Waals surface area contributed by atoms with Crippen LogP contribution in [0.1, 0.15) is 23.7 Å². The Hall–Kier alpha value is -1.99. The SMILES string of the molecule is CCOC(=O)c1cc(N(C)CCC(F)(F)F)ncc1N. The summed E-state index contributed by atoms with van der Waals surface area (Å²) in [5.41, 5.74) is 5.82. The summed E-state index contributed by atoms with van der Waals surface area (Å²) in [7, 11) is 1.46. The number of carbonyl (C=O) groups is 1. The van der Waals surface area contributed by atoms with Crippen LogP contribution in [0.3, 0.4) is 0 Å². The van der Waals surface area contributed by atoms with E-state index < -0.39 is 18.6 Å². The van der Waals surface area contributed by atoms with Crippen LogP contribution in [0.4, 0.5) is 24.7 Å². The number of alkyl halides is 3. The van der Waals surface area contributed by atoms with Gasteiger partial charge in [-0.25, -0.2) is 9.78 Å². The minimum atomic E-state index is -4.24. The second-order valence-electron chi connectivity index (χ2n) is 4.14. The van der Waals surface area contributed by atoms with Crippen molar-refractivity contribution in [1.82, 2.24) is 4.98 Å². The zero-order chi connectivity index (χ0) is 15.3. The standard InChI is InChI=1S/C12H16F3N3O2/c1-3-20-11(19)8-6-10(17-7-9(8)16)18(2)5-4-12(13,14)15/h6-7H,3-5,16H2,1-2H3. The first-order chi connectivity index (χ1) is 9.24. The topological polar surface area (TPSA) is 68.5 Å². The molecule has 0 aliphatic carbocycles. The number of ether oxygens (including phenoxy) is 1. The minimum absolute atomic E-state index is 0.0932. The highest BCUT2D eigenvalue weighted by atomic mass is 19.4. The van der Waals surface area contributed by atoms with Crippen LogP contribution in [0.25, 0.3) is 0 Å². The molecule has 5 nitrogen and oxygen atoms in total. The van der Waals surface area contributed by atoms with E-state index in [-0.39, 0.29) is 30.2 Å². The molecule has 112 valence electrons. The molecule has 1 heterocycles. The Morgan fingerprint density at radius 2 is 2.15 bits per heavy atom. The van der Waals surface area contributed by atoms with Crippen LogP contribution in [-0.4, -0.2) is 37.3 Å². The van der Waals surface area contributed by atoms with Gasteiger partial charge in [-0.3, -0.25) is 0 Å². The summed E-state index contributed by atoms with van der Waals surface area (Å²) in [4.78, 5) is 16.8. The van der Waals surface area contributed by atoms with Gasteiger partial charge < -0.3 is 15.4 Å². The van der Waals surface area contributed by atoms with Gasteiger partial charge in [-0.1, -0.05) is 0 Å². The summed E-state index contributed by atoms with van der Waals surface area (Å²) in [6.07, 6.45) is -3.98. The van der Waals surface area contributed by atoms with Crippen LogP contribution in [0.5, 0.6) is 0 Å². The summed E-state index contributed by atoms with van der Waals surface area (Å²) in [6, 6.07) is 1.32. The molecule has 0 aliphatic heterocycles. The van der Waals surface area contributed by atoms with Crippen molar-refractivity contribution in [3.8, 4) is 0 Å². The summed E-state index contributed by atoms with van der Waals surface area (Å²) < 4.78 is 41.3. The van der Waals surface area contributed by atoms with Crippen molar-refractivity contribution in [2.45, 2.75) is 19.5 Å². The smallest absolute Gasteiger partial charge is 0.390 e. The Balaban J connectivity index is 2.86. The van der Waals surface area contributed by atoms with Crippen LogP contribution in [0.15, 0.2) is 12.3 Å². The highest BCUT2D eigenvalue weighted by Crippen LogP contribution is 2.22. The maximum atomic E-state index is 12.2. The monoisotopic (exact) mass is 291 g/mol. The van der Waals surface area contributed by atoms with E-state index in [9.17, 15) is 18.0 Å². The van der Waals surface area contributed by atoms with Gasteiger partial charge in [0.15, 0.2) is 0 Å². The number of rotatable bonds is 5.